The predicted molar refractivity (Wildman–Crippen MR) is 128 cm³/mol. The second kappa shape index (κ2) is 8.61. The predicted octanol–water partition coefficient (Wildman–Crippen LogP) is 5.98. The molecular weight excluding hydrogens is 429 g/mol. The van der Waals surface area contributed by atoms with Gasteiger partial charge in [0.05, 0.1) is 30.2 Å². The van der Waals surface area contributed by atoms with E-state index in [1.165, 1.54) is 23.8 Å². The molecule has 4 nitrogen and oxygen atoms in total. The summed E-state index contributed by atoms with van der Waals surface area (Å²) in [5.74, 6) is 3.71. The molecule has 0 aliphatic rings. The van der Waals surface area contributed by atoms with E-state index in [0.29, 0.717) is 5.82 Å². The Morgan fingerprint density at radius 3 is 2.58 bits per heavy atom. The third-order valence-corrected chi connectivity index (χ3v) is 7.57. The minimum Gasteiger partial charge on any atom is -0.294 e. The SMILES string of the molecule is C=S(=O)(Nc1cc(-c2sc(CC)nc2-c2ccc(C)cc2)ccn1)c1cccc(F)c1. The van der Waals surface area contributed by atoms with Crippen molar-refractivity contribution in [2.75, 3.05) is 4.72 Å². The first-order valence-electron chi connectivity index (χ1n) is 9.79. The van der Waals surface area contributed by atoms with E-state index in [-0.39, 0.29) is 4.90 Å². The van der Waals surface area contributed by atoms with Crippen molar-refractivity contribution in [3.05, 3.63) is 83.2 Å². The average molecular weight is 452 g/mol. The summed E-state index contributed by atoms with van der Waals surface area (Å²) in [5.41, 5.74) is 4.07. The third kappa shape index (κ3) is 4.68. The molecule has 1 atom stereocenters. The number of hydrogen-bond acceptors (Lipinski definition) is 4. The van der Waals surface area contributed by atoms with E-state index in [1.54, 1.807) is 23.6 Å². The van der Waals surface area contributed by atoms with Gasteiger partial charge < -0.3 is 0 Å². The van der Waals surface area contributed by atoms with Gasteiger partial charge in [0.2, 0.25) is 0 Å². The Morgan fingerprint density at radius 1 is 1.10 bits per heavy atom. The van der Waals surface area contributed by atoms with E-state index in [4.69, 9.17) is 4.98 Å². The Hall–Kier alpha value is -3.03. The van der Waals surface area contributed by atoms with Gasteiger partial charge in [-0.1, -0.05) is 42.8 Å². The molecule has 0 aliphatic heterocycles. The van der Waals surface area contributed by atoms with E-state index in [0.717, 1.165) is 33.1 Å². The fraction of sp³-hybridized carbons (Fsp3) is 0.125. The zero-order valence-corrected chi connectivity index (χ0v) is 18.9. The molecule has 4 rings (SSSR count). The van der Waals surface area contributed by atoms with Gasteiger partial charge in [0, 0.05) is 11.8 Å². The molecule has 0 saturated carbocycles. The second-order valence-electron chi connectivity index (χ2n) is 7.17. The number of anilines is 1. The Labute approximate surface area is 186 Å². The van der Waals surface area contributed by atoms with Crippen molar-refractivity contribution in [3.63, 3.8) is 0 Å². The van der Waals surface area contributed by atoms with Crippen LogP contribution in [0.15, 0.2) is 71.8 Å². The van der Waals surface area contributed by atoms with Crippen LogP contribution < -0.4 is 4.72 Å². The average Bonchev–Trinajstić information content (AvgIpc) is 3.19. The maximum absolute atomic E-state index is 13.6. The van der Waals surface area contributed by atoms with Gasteiger partial charge in [-0.15, -0.1) is 11.3 Å². The molecule has 0 radical (unpaired) electrons. The summed E-state index contributed by atoms with van der Waals surface area (Å²) in [6.45, 7) is 4.14. The number of benzene rings is 2. The normalized spacial score (nSPS) is 13.0. The minimum atomic E-state index is -2.97. The molecule has 158 valence electrons. The van der Waals surface area contributed by atoms with Gasteiger partial charge >= 0.3 is 0 Å². The van der Waals surface area contributed by atoms with Gasteiger partial charge in [-0.25, -0.2) is 18.6 Å². The van der Waals surface area contributed by atoms with Gasteiger partial charge in [0.25, 0.3) is 0 Å². The van der Waals surface area contributed by atoms with Gasteiger partial charge in [-0.3, -0.25) is 4.72 Å². The van der Waals surface area contributed by atoms with Gasteiger partial charge in [0.1, 0.15) is 11.6 Å². The van der Waals surface area contributed by atoms with Crippen molar-refractivity contribution in [3.8, 4) is 21.7 Å². The molecule has 4 aromatic rings. The number of nitrogens with zero attached hydrogens (tertiary/aromatic N) is 2. The molecule has 0 saturated heterocycles. The molecule has 0 fully saturated rings. The molecule has 31 heavy (non-hydrogen) atoms. The van der Waals surface area contributed by atoms with Crippen LogP contribution >= 0.6 is 11.3 Å². The number of aromatic nitrogens is 2. The number of pyridine rings is 1. The van der Waals surface area contributed by atoms with Crippen molar-refractivity contribution in [1.82, 2.24) is 9.97 Å². The van der Waals surface area contributed by atoms with Crippen LogP contribution in [-0.2, 0) is 16.1 Å². The first-order valence-corrected chi connectivity index (χ1v) is 12.3. The van der Waals surface area contributed by atoms with Crippen LogP contribution in [0.2, 0.25) is 0 Å². The molecule has 2 heterocycles. The lowest BCUT2D eigenvalue weighted by atomic mass is 10.1. The highest BCUT2D eigenvalue weighted by molar-refractivity contribution is 8.01. The largest absolute Gasteiger partial charge is 0.294 e. The van der Waals surface area contributed by atoms with Crippen molar-refractivity contribution >= 4 is 32.7 Å². The summed E-state index contributed by atoms with van der Waals surface area (Å²) in [5, 5.41) is 1.04. The molecule has 0 aliphatic carbocycles. The highest BCUT2D eigenvalue weighted by Crippen LogP contribution is 2.37. The topological polar surface area (TPSA) is 54.9 Å². The third-order valence-electron chi connectivity index (χ3n) is 4.77. The summed E-state index contributed by atoms with van der Waals surface area (Å²) in [6.07, 6.45) is 2.50. The highest BCUT2D eigenvalue weighted by Gasteiger charge is 2.16. The maximum Gasteiger partial charge on any atom is 0.138 e. The molecule has 2 aromatic heterocycles. The van der Waals surface area contributed by atoms with Crippen LogP contribution in [0.1, 0.15) is 17.5 Å². The Balaban J connectivity index is 1.72. The first kappa shape index (κ1) is 21.2. The fourth-order valence-corrected chi connectivity index (χ4v) is 5.34. The van der Waals surface area contributed by atoms with E-state index < -0.39 is 15.5 Å². The van der Waals surface area contributed by atoms with Gasteiger partial charge in [-0.05, 0) is 55.1 Å². The lowest BCUT2D eigenvalue weighted by Crippen LogP contribution is -2.13. The molecule has 0 bridgehead atoms. The fourth-order valence-electron chi connectivity index (χ4n) is 3.15. The van der Waals surface area contributed by atoms with Crippen molar-refractivity contribution in [2.24, 2.45) is 0 Å². The number of nitrogens with one attached hydrogen (secondary N) is 1. The van der Waals surface area contributed by atoms with Crippen molar-refractivity contribution in [1.29, 1.82) is 0 Å². The van der Waals surface area contributed by atoms with E-state index >= 15 is 0 Å². The van der Waals surface area contributed by atoms with E-state index in [9.17, 15) is 8.60 Å². The van der Waals surface area contributed by atoms with E-state index in [1.807, 2.05) is 12.1 Å². The van der Waals surface area contributed by atoms with Gasteiger partial charge in [0.15, 0.2) is 0 Å². The van der Waals surface area contributed by atoms with Crippen LogP contribution in [0.3, 0.4) is 0 Å². The quantitative estimate of drug-likeness (QED) is 0.367. The molecular formula is C24H22FN3OS2. The van der Waals surface area contributed by atoms with Crippen molar-refractivity contribution in [2.45, 2.75) is 25.2 Å². The Kier molecular flexibility index (Phi) is 5.89. The number of hydrogen-bond donors (Lipinski definition) is 1. The van der Waals surface area contributed by atoms with Crippen LogP contribution in [0.4, 0.5) is 10.2 Å². The van der Waals surface area contributed by atoms with Crippen LogP contribution in [0, 0.1) is 12.7 Å². The lowest BCUT2D eigenvalue weighted by molar-refractivity contribution is 0.622. The standard InChI is InChI=1S/C24H22FN3OS2/c1-4-22-27-23(17-10-8-16(2)9-11-17)24(30-22)18-12-13-26-21(14-18)28-31(3,29)20-7-5-6-19(25)15-20/h5-15H,3-4H2,1-2H3,(H,26,28,29). The molecule has 7 heteroatoms. The minimum absolute atomic E-state index is 0.283. The van der Waals surface area contributed by atoms with Crippen LogP contribution in [0.5, 0.6) is 0 Å². The zero-order chi connectivity index (χ0) is 22.0. The molecule has 2 aromatic carbocycles. The molecule has 0 spiro atoms. The second-order valence-corrected chi connectivity index (χ2v) is 10.3. The first-order chi connectivity index (χ1) is 14.9. The number of thiazole rings is 1. The molecule has 1 N–H and O–H groups in total. The number of halogens is 1. The Bertz CT molecular complexity index is 1330. The lowest BCUT2D eigenvalue weighted by Gasteiger charge is -2.13. The zero-order valence-electron chi connectivity index (χ0n) is 17.3. The van der Waals surface area contributed by atoms with Crippen LogP contribution in [0.25, 0.3) is 21.7 Å². The highest BCUT2D eigenvalue weighted by atomic mass is 32.2. The number of aryl methyl sites for hydroxylation is 2. The van der Waals surface area contributed by atoms with Crippen LogP contribution in [-0.4, -0.2) is 20.0 Å². The Morgan fingerprint density at radius 2 is 1.87 bits per heavy atom. The summed E-state index contributed by atoms with van der Waals surface area (Å²) >= 11 is 1.63. The monoisotopic (exact) mass is 451 g/mol. The number of rotatable bonds is 6. The van der Waals surface area contributed by atoms with Gasteiger partial charge in [-0.2, -0.15) is 0 Å². The summed E-state index contributed by atoms with van der Waals surface area (Å²) in [6, 6.07) is 17.6. The summed E-state index contributed by atoms with van der Waals surface area (Å²) in [4.78, 5) is 10.4. The summed E-state index contributed by atoms with van der Waals surface area (Å²) in [7, 11) is -2.97. The van der Waals surface area contributed by atoms with E-state index in [2.05, 4.69) is 53.7 Å². The summed E-state index contributed by atoms with van der Waals surface area (Å²) < 4.78 is 29.6. The molecule has 1 unspecified atom stereocenters. The van der Waals surface area contributed by atoms with Crippen molar-refractivity contribution < 1.29 is 8.60 Å². The maximum atomic E-state index is 13.6. The molecule has 0 amide bonds. The smallest absolute Gasteiger partial charge is 0.138 e.